The van der Waals surface area contributed by atoms with Gasteiger partial charge in [0.05, 0.1) is 5.56 Å². The molecule has 0 aliphatic heterocycles. The van der Waals surface area contributed by atoms with E-state index in [-0.39, 0.29) is 5.60 Å². The first kappa shape index (κ1) is 11.1. The second-order valence-corrected chi connectivity index (χ2v) is 4.88. The highest BCUT2D eigenvalue weighted by molar-refractivity contribution is 9.10. The van der Waals surface area contributed by atoms with E-state index in [0.717, 1.165) is 4.47 Å². The molecule has 1 aromatic rings. The maximum Gasteiger partial charge on any atom is 0.138 e. The summed E-state index contributed by atoms with van der Waals surface area (Å²) in [6.07, 6.45) is 0. The third-order valence-electron chi connectivity index (χ3n) is 1.48. The first-order valence-corrected chi connectivity index (χ1v) is 5.10. The van der Waals surface area contributed by atoms with Crippen molar-refractivity contribution in [3.05, 3.63) is 28.2 Å². The Bertz CT molecular complexity index is 374. The number of halogens is 1. The summed E-state index contributed by atoms with van der Waals surface area (Å²) in [6.45, 7) is 5.86. The van der Waals surface area contributed by atoms with Crippen LogP contribution in [0.25, 0.3) is 0 Å². The minimum absolute atomic E-state index is 0.285. The molecule has 14 heavy (non-hydrogen) atoms. The minimum Gasteiger partial charge on any atom is -0.487 e. The van der Waals surface area contributed by atoms with E-state index < -0.39 is 0 Å². The van der Waals surface area contributed by atoms with Crippen LogP contribution in [0.5, 0.6) is 5.75 Å². The molecule has 1 aromatic carbocycles. The average molecular weight is 254 g/mol. The monoisotopic (exact) mass is 253 g/mol. The molecule has 0 bridgehead atoms. The number of hydrogen-bond donors (Lipinski definition) is 0. The number of benzene rings is 1. The van der Waals surface area contributed by atoms with Crippen molar-refractivity contribution in [3.8, 4) is 11.8 Å². The van der Waals surface area contributed by atoms with Gasteiger partial charge in [0, 0.05) is 4.47 Å². The Morgan fingerprint density at radius 2 is 2.00 bits per heavy atom. The van der Waals surface area contributed by atoms with E-state index in [1.165, 1.54) is 0 Å². The molecule has 0 atom stereocenters. The molecule has 74 valence electrons. The highest BCUT2D eigenvalue weighted by Gasteiger charge is 2.14. The zero-order chi connectivity index (χ0) is 10.8. The van der Waals surface area contributed by atoms with Crippen LogP contribution in [0.4, 0.5) is 0 Å². The van der Waals surface area contributed by atoms with Gasteiger partial charge in [-0.05, 0) is 39.0 Å². The van der Waals surface area contributed by atoms with E-state index in [2.05, 4.69) is 22.0 Å². The Kier molecular flexibility index (Phi) is 3.17. The average Bonchev–Trinajstić information content (AvgIpc) is 2.01. The van der Waals surface area contributed by atoms with Gasteiger partial charge in [-0.2, -0.15) is 5.26 Å². The second-order valence-electron chi connectivity index (χ2n) is 3.97. The molecule has 0 aliphatic rings. The Morgan fingerprint density at radius 1 is 1.36 bits per heavy atom. The van der Waals surface area contributed by atoms with Crippen molar-refractivity contribution < 1.29 is 4.74 Å². The lowest BCUT2D eigenvalue weighted by Gasteiger charge is -2.22. The molecular formula is C11H12BrNO. The highest BCUT2D eigenvalue weighted by Crippen LogP contribution is 2.26. The van der Waals surface area contributed by atoms with Crippen LogP contribution in [0.3, 0.4) is 0 Å². The van der Waals surface area contributed by atoms with Crippen LogP contribution in [0, 0.1) is 11.3 Å². The largest absolute Gasteiger partial charge is 0.487 e. The van der Waals surface area contributed by atoms with E-state index in [0.29, 0.717) is 11.3 Å². The van der Waals surface area contributed by atoms with Crippen LogP contribution in [0.1, 0.15) is 26.3 Å². The maximum atomic E-state index is 8.86. The molecule has 2 nitrogen and oxygen atoms in total. The zero-order valence-corrected chi connectivity index (χ0v) is 10.1. The van der Waals surface area contributed by atoms with Gasteiger partial charge < -0.3 is 4.74 Å². The maximum absolute atomic E-state index is 8.86. The van der Waals surface area contributed by atoms with Crippen molar-refractivity contribution in [1.29, 1.82) is 5.26 Å². The summed E-state index contributed by atoms with van der Waals surface area (Å²) in [5.41, 5.74) is 0.273. The number of nitrogens with zero attached hydrogens (tertiary/aromatic N) is 1. The third-order valence-corrected chi connectivity index (χ3v) is 1.97. The van der Waals surface area contributed by atoms with Gasteiger partial charge in [-0.25, -0.2) is 0 Å². The molecular weight excluding hydrogens is 242 g/mol. The van der Waals surface area contributed by atoms with Crippen molar-refractivity contribution in [2.75, 3.05) is 0 Å². The molecule has 1 rings (SSSR count). The Hall–Kier alpha value is -1.01. The lowest BCUT2D eigenvalue weighted by molar-refractivity contribution is 0.130. The van der Waals surface area contributed by atoms with Gasteiger partial charge in [0.2, 0.25) is 0 Å². The summed E-state index contributed by atoms with van der Waals surface area (Å²) in [5, 5.41) is 8.86. The van der Waals surface area contributed by atoms with Gasteiger partial charge in [0.1, 0.15) is 17.4 Å². The molecule has 0 amide bonds. The summed E-state index contributed by atoms with van der Waals surface area (Å²) in [6, 6.07) is 7.48. The molecule has 0 radical (unpaired) electrons. The molecule has 0 aliphatic carbocycles. The topological polar surface area (TPSA) is 33.0 Å². The second kappa shape index (κ2) is 4.02. The molecule has 3 heteroatoms. The predicted molar refractivity (Wildman–Crippen MR) is 59.2 cm³/mol. The van der Waals surface area contributed by atoms with Crippen molar-refractivity contribution in [2.24, 2.45) is 0 Å². The standard InChI is InChI=1S/C11H12BrNO/c1-11(2,3)14-10-6-9(12)5-4-8(10)7-13/h4-6H,1-3H3. The van der Waals surface area contributed by atoms with E-state index >= 15 is 0 Å². The van der Waals surface area contributed by atoms with E-state index in [1.54, 1.807) is 6.07 Å². The van der Waals surface area contributed by atoms with Crippen molar-refractivity contribution in [2.45, 2.75) is 26.4 Å². The molecule has 0 spiro atoms. The van der Waals surface area contributed by atoms with E-state index in [4.69, 9.17) is 10.00 Å². The summed E-state index contributed by atoms with van der Waals surface area (Å²) >= 11 is 3.34. The van der Waals surface area contributed by atoms with Crippen LogP contribution < -0.4 is 4.74 Å². The first-order valence-electron chi connectivity index (χ1n) is 4.31. The normalized spacial score (nSPS) is 10.8. The van der Waals surface area contributed by atoms with E-state index in [1.807, 2.05) is 32.9 Å². The SMILES string of the molecule is CC(C)(C)Oc1cc(Br)ccc1C#N. The lowest BCUT2D eigenvalue weighted by Crippen LogP contribution is -2.23. The fourth-order valence-corrected chi connectivity index (χ4v) is 1.34. The van der Waals surface area contributed by atoms with Gasteiger partial charge in [-0.1, -0.05) is 15.9 Å². The zero-order valence-electron chi connectivity index (χ0n) is 8.47. The quantitative estimate of drug-likeness (QED) is 0.768. The van der Waals surface area contributed by atoms with Crippen LogP contribution in [0.15, 0.2) is 22.7 Å². The molecule has 0 N–H and O–H groups in total. The summed E-state index contributed by atoms with van der Waals surface area (Å²) in [4.78, 5) is 0. The number of ether oxygens (including phenoxy) is 1. The van der Waals surface area contributed by atoms with Gasteiger partial charge in [-0.3, -0.25) is 0 Å². The van der Waals surface area contributed by atoms with Crippen LogP contribution in [0.2, 0.25) is 0 Å². The van der Waals surface area contributed by atoms with Crippen molar-refractivity contribution in [1.82, 2.24) is 0 Å². The Balaban J connectivity index is 3.07. The van der Waals surface area contributed by atoms with Crippen molar-refractivity contribution in [3.63, 3.8) is 0 Å². The summed E-state index contributed by atoms with van der Waals surface area (Å²) in [7, 11) is 0. The fraction of sp³-hybridized carbons (Fsp3) is 0.364. The summed E-state index contributed by atoms with van der Waals surface area (Å²) in [5.74, 6) is 0.620. The minimum atomic E-state index is -0.285. The molecule has 0 saturated carbocycles. The van der Waals surface area contributed by atoms with Crippen LogP contribution in [-0.2, 0) is 0 Å². The molecule has 0 aromatic heterocycles. The molecule has 0 fully saturated rings. The number of nitriles is 1. The van der Waals surface area contributed by atoms with Gasteiger partial charge in [0.25, 0.3) is 0 Å². The molecule has 0 saturated heterocycles. The predicted octanol–water partition coefficient (Wildman–Crippen LogP) is 3.50. The highest BCUT2D eigenvalue weighted by atomic mass is 79.9. The van der Waals surface area contributed by atoms with Crippen LogP contribution >= 0.6 is 15.9 Å². The fourth-order valence-electron chi connectivity index (χ4n) is 1.00. The number of rotatable bonds is 1. The smallest absolute Gasteiger partial charge is 0.138 e. The van der Waals surface area contributed by atoms with Gasteiger partial charge >= 0.3 is 0 Å². The lowest BCUT2D eigenvalue weighted by atomic mass is 10.1. The Morgan fingerprint density at radius 3 is 2.50 bits per heavy atom. The summed E-state index contributed by atoms with van der Waals surface area (Å²) < 4.78 is 6.56. The van der Waals surface area contributed by atoms with Gasteiger partial charge in [-0.15, -0.1) is 0 Å². The van der Waals surface area contributed by atoms with Crippen LogP contribution in [-0.4, -0.2) is 5.60 Å². The van der Waals surface area contributed by atoms with Crippen molar-refractivity contribution >= 4 is 15.9 Å². The van der Waals surface area contributed by atoms with Gasteiger partial charge in [0.15, 0.2) is 0 Å². The third kappa shape index (κ3) is 3.04. The Labute approximate surface area is 92.6 Å². The van der Waals surface area contributed by atoms with E-state index in [9.17, 15) is 0 Å². The molecule has 0 unspecified atom stereocenters. The first-order chi connectivity index (χ1) is 6.42. The molecule has 0 heterocycles. The number of hydrogen-bond acceptors (Lipinski definition) is 2.